The molecule has 2 amide bonds. The topological polar surface area (TPSA) is 110 Å². The van der Waals surface area contributed by atoms with Gasteiger partial charge in [-0.1, -0.05) is 76.8 Å². The molecule has 0 unspecified atom stereocenters. The van der Waals surface area contributed by atoms with Crippen molar-refractivity contribution >= 4 is 45.7 Å². The van der Waals surface area contributed by atoms with Crippen LogP contribution >= 0.6 is 23.1 Å². The fourth-order valence-corrected chi connectivity index (χ4v) is 4.17. The van der Waals surface area contributed by atoms with Crippen molar-refractivity contribution in [3.8, 4) is 11.3 Å². The summed E-state index contributed by atoms with van der Waals surface area (Å²) in [5, 5.41) is 17.6. The number of nitrogens with zero attached hydrogens (tertiary/aromatic N) is 3. The van der Waals surface area contributed by atoms with E-state index in [0.717, 1.165) is 16.8 Å². The summed E-state index contributed by atoms with van der Waals surface area (Å²) in [5.74, 6) is 0.0895. The number of nitrogens with one attached hydrogen (secondary N) is 2. The summed E-state index contributed by atoms with van der Waals surface area (Å²) in [4.78, 5) is 24.6. The first-order chi connectivity index (χ1) is 15.1. The normalized spacial score (nSPS) is 10.6. The van der Waals surface area contributed by atoms with E-state index in [9.17, 15) is 9.59 Å². The van der Waals surface area contributed by atoms with Crippen LogP contribution in [0.4, 0.5) is 10.8 Å². The van der Waals surface area contributed by atoms with E-state index in [2.05, 4.69) is 26.0 Å². The summed E-state index contributed by atoms with van der Waals surface area (Å²) in [7, 11) is 0. The summed E-state index contributed by atoms with van der Waals surface area (Å²) >= 11 is 2.43. The van der Waals surface area contributed by atoms with E-state index >= 15 is 0 Å². The van der Waals surface area contributed by atoms with Gasteiger partial charge in [-0.2, -0.15) is 0 Å². The third-order valence-electron chi connectivity index (χ3n) is 4.17. The van der Waals surface area contributed by atoms with Crippen molar-refractivity contribution in [1.29, 1.82) is 0 Å². The van der Waals surface area contributed by atoms with E-state index in [4.69, 9.17) is 4.52 Å². The monoisotopic (exact) mass is 451 g/mol. The van der Waals surface area contributed by atoms with E-state index in [1.165, 1.54) is 23.1 Å². The van der Waals surface area contributed by atoms with Crippen LogP contribution in [0.1, 0.15) is 16.1 Å². The maximum Gasteiger partial charge on any atom is 0.279 e. The Morgan fingerprint density at radius 3 is 2.61 bits per heavy atom. The van der Waals surface area contributed by atoms with Crippen LogP contribution in [0.25, 0.3) is 11.3 Å². The largest absolute Gasteiger partial charge is 0.355 e. The molecule has 8 nitrogen and oxygen atoms in total. The van der Waals surface area contributed by atoms with Gasteiger partial charge in [0.15, 0.2) is 15.8 Å². The molecule has 2 N–H and O–H groups in total. The number of rotatable bonds is 7. The number of amides is 2. The third kappa shape index (κ3) is 5.36. The zero-order chi connectivity index (χ0) is 21.6. The van der Waals surface area contributed by atoms with Crippen LogP contribution in [0, 0.1) is 6.92 Å². The number of aryl methyl sites for hydroxylation is 1. The Kier molecular flexibility index (Phi) is 6.39. The van der Waals surface area contributed by atoms with Crippen LogP contribution in [-0.2, 0) is 4.79 Å². The molecule has 0 saturated carbocycles. The maximum absolute atomic E-state index is 12.4. The van der Waals surface area contributed by atoms with E-state index in [0.29, 0.717) is 15.2 Å². The molecular weight excluding hydrogens is 434 g/mol. The van der Waals surface area contributed by atoms with Gasteiger partial charge in [-0.05, 0) is 18.6 Å². The molecule has 10 heteroatoms. The minimum absolute atomic E-state index is 0.140. The molecule has 0 bridgehead atoms. The standard InChI is InChI=1S/C21H17N5O3S2/c1-13-7-5-6-10-15(13)22-18(27)12-30-21-25-24-20(31-21)23-19(28)16-11-17(29-26-16)14-8-3-2-4-9-14/h2-11H,12H2,1H3,(H,22,27)(H,23,24,28). The minimum Gasteiger partial charge on any atom is -0.355 e. The first kappa shape index (κ1) is 20.8. The van der Waals surface area contributed by atoms with Gasteiger partial charge in [0.2, 0.25) is 11.0 Å². The highest BCUT2D eigenvalue weighted by Gasteiger charge is 2.16. The van der Waals surface area contributed by atoms with Gasteiger partial charge < -0.3 is 9.84 Å². The second-order valence-corrected chi connectivity index (χ2v) is 8.62. The molecule has 2 heterocycles. The molecule has 2 aromatic heterocycles. The highest BCUT2D eigenvalue weighted by Crippen LogP contribution is 2.26. The predicted molar refractivity (Wildman–Crippen MR) is 120 cm³/mol. The number of benzene rings is 2. The lowest BCUT2D eigenvalue weighted by molar-refractivity contribution is -0.113. The van der Waals surface area contributed by atoms with Crippen LogP contribution in [0.3, 0.4) is 0 Å². The van der Waals surface area contributed by atoms with Crippen LogP contribution in [-0.4, -0.2) is 32.9 Å². The molecule has 4 rings (SSSR count). The Morgan fingerprint density at radius 2 is 1.81 bits per heavy atom. The number of hydrogen-bond donors (Lipinski definition) is 2. The molecule has 31 heavy (non-hydrogen) atoms. The average molecular weight is 452 g/mol. The van der Waals surface area contributed by atoms with Crippen molar-refractivity contribution in [2.24, 2.45) is 0 Å². The SMILES string of the molecule is Cc1ccccc1NC(=O)CSc1nnc(NC(=O)c2cc(-c3ccccc3)on2)s1. The van der Waals surface area contributed by atoms with Crippen LogP contribution in [0.5, 0.6) is 0 Å². The molecular formula is C21H17N5O3S2. The molecule has 0 aliphatic carbocycles. The summed E-state index contributed by atoms with van der Waals surface area (Å²) < 4.78 is 5.81. The molecule has 0 aliphatic rings. The molecule has 156 valence electrons. The first-order valence-electron chi connectivity index (χ1n) is 9.24. The van der Waals surface area contributed by atoms with Crippen LogP contribution in [0.15, 0.2) is 69.5 Å². The first-order valence-corrected chi connectivity index (χ1v) is 11.0. The van der Waals surface area contributed by atoms with Gasteiger partial charge in [0.05, 0.1) is 5.75 Å². The van der Waals surface area contributed by atoms with Crippen molar-refractivity contribution < 1.29 is 14.1 Å². The number of carbonyl (C=O) groups excluding carboxylic acids is 2. The lowest BCUT2D eigenvalue weighted by Gasteiger charge is -2.06. The summed E-state index contributed by atoms with van der Waals surface area (Å²) in [6.45, 7) is 1.93. The summed E-state index contributed by atoms with van der Waals surface area (Å²) in [6.07, 6.45) is 0. The number of anilines is 2. The van der Waals surface area contributed by atoms with Gasteiger partial charge in [-0.3, -0.25) is 14.9 Å². The van der Waals surface area contributed by atoms with Crippen molar-refractivity contribution in [2.45, 2.75) is 11.3 Å². The Balaban J connectivity index is 1.31. The fraction of sp³-hybridized carbons (Fsp3) is 0.0952. The highest BCUT2D eigenvalue weighted by molar-refractivity contribution is 8.01. The molecule has 0 radical (unpaired) electrons. The van der Waals surface area contributed by atoms with Crippen molar-refractivity contribution in [2.75, 3.05) is 16.4 Å². The van der Waals surface area contributed by atoms with E-state index in [1.807, 2.05) is 61.5 Å². The number of aromatic nitrogens is 3. The second kappa shape index (κ2) is 9.54. The van der Waals surface area contributed by atoms with Gasteiger partial charge in [-0.15, -0.1) is 10.2 Å². The highest BCUT2D eigenvalue weighted by atomic mass is 32.2. The van der Waals surface area contributed by atoms with Gasteiger partial charge >= 0.3 is 0 Å². The third-order valence-corrected chi connectivity index (χ3v) is 6.15. The smallest absolute Gasteiger partial charge is 0.279 e. The zero-order valence-corrected chi connectivity index (χ0v) is 18.0. The lowest BCUT2D eigenvalue weighted by atomic mass is 10.1. The Hall–Kier alpha value is -3.50. The lowest BCUT2D eigenvalue weighted by Crippen LogP contribution is -2.14. The fourth-order valence-electron chi connectivity index (χ4n) is 2.63. The zero-order valence-electron chi connectivity index (χ0n) is 16.4. The average Bonchev–Trinajstić information content (AvgIpc) is 3.44. The van der Waals surface area contributed by atoms with Gasteiger partial charge in [0, 0.05) is 17.3 Å². The van der Waals surface area contributed by atoms with Crippen molar-refractivity contribution in [1.82, 2.24) is 15.4 Å². The van der Waals surface area contributed by atoms with E-state index < -0.39 is 5.91 Å². The molecule has 2 aromatic carbocycles. The number of para-hydroxylation sites is 1. The Morgan fingerprint density at radius 1 is 1.03 bits per heavy atom. The summed E-state index contributed by atoms with van der Waals surface area (Å²) in [5.41, 5.74) is 2.74. The Bertz CT molecular complexity index is 1210. The second-order valence-electron chi connectivity index (χ2n) is 6.42. The van der Waals surface area contributed by atoms with Crippen molar-refractivity contribution in [3.63, 3.8) is 0 Å². The Labute approximate surface area is 186 Å². The maximum atomic E-state index is 12.4. The molecule has 0 saturated heterocycles. The molecule has 0 atom stereocenters. The summed E-state index contributed by atoms with van der Waals surface area (Å²) in [6, 6.07) is 18.5. The molecule has 0 aliphatic heterocycles. The quantitative estimate of drug-likeness (QED) is 0.315. The molecule has 0 fully saturated rings. The van der Waals surface area contributed by atoms with Gasteiger partial charge in [0.25, 0.3) is 5.91 Å². The predicted octanol–water partition coefficient (Wildman–Crippen LogP) is 4.48. The van der Waals surface area contributed by atoms with Gasteiger partial charge in [-0.25, -0.2) is 0 Å². The molecule has 4 aromatic rings. The van der Waals surface area contributed by atoms with Crippen LogP contribution < -0.4 is 10.6 Å². The van der Waals surface area contributed by atoms with Crippen LogP contribution in [0.2, 0.25) is 0 Å². The van der Waals surface area contributed by atoms with Crippen molar-refractivity contribution in [3.05, 3.63) is 71.9 Å². The number of carbonyl (C=O) groups is 2. The minimum atomic E-state index is -0.448. The number of thioether (sulfide) groups is 1. The number of hydrogen-bond acceptors (Lipinski definition) is 8. The van der Waals surface area contributed by atoms with E-state index in [1.54, 1.807) is 6.07 Å². The van der Waals surface area contributed by atoms with E-state index in [-0.39, 0.29) is 17.4 Å². The molecule has 0 spiro atoms. The van der Waals surface area contributed by atoms with Gasteiger partial charge in [0.1, 0.15) is 0 Å².